The zero-order valence-corrected chi connectivity index (χ0v) is 9.88. The molecular formula is C15H11NO2. The quantitative estimate of drug-likeness (QED) is 0.639. The molecule has 0 spiro atoms. The van der Waals surface area contributed by atoms with Crippen LogP contribution in [0, 0.1) is 6.92 Å². The Balaban J connectivity index is 2.29. The molecule has 18 heavy (non-hydrogen) atoms. The molecule has 0 aliphatic heterocycles. The first-order chi connectivity index (χ1) is 8.79. The standard InChI is InChI=1S/C15H11NO2/c1-10-4-2-3-5-12(10)15-13-8-11(9-17)6-7-14(13)16-18-15/h2-9H,1H3. The molecule has 1 aromatic heterocycles. The molecule has 0 aliphatic carbocycles. The first-order valence-corrected chi connectivity index (χ1v) is 5.70. The van der Waals surface area contributed by atoms with Gasteiger partial charge in [-0.15, -0.1) is 0 Å². The van der Waals surface area contributed by atoms with Crippen molar-refractivity contribution >= 4 is 17.2 Å². The van der Waals surface area contributed by atoms with E-state index in [1.807, 2.05) is 31.2 Å². The van der Waals surface area contributed by atoms with Crippen molar-refractivity contribution in [3.63, 3.8) is 0 Å². The summed E-state index contributed by atoms with van der Waals surface area (Å²) in [5, 5.41) is 4.89. The second kappa shape index (κ2) is 4.11. The average molecular weight is 237 g/mol. The van der Waals surface area contributed by atoms with Gasteiger partial charge in [0.05, 0.1) is 5.39 Å². The van der Waals surface area contributed by atoms with Gasteiger partial charge in [0.25, 0.3) is 0 Å². The molecule has 0 fully saturated rings. The van der Waals surface area contributed by atoms with Gasteiger partial charge >= 0.3 is 0 Å². The molecule has 2 aromatic carbocycles. The Morgan fingerprint density at radius 2 is 2.00 bits per heavy atom. The predicted molar refractivity (Wildman–Crippen MR) is 69.6 cm³/mol. The number of carbonyl (C=O) groups excluding carboxylic acids is 1. The van der Waals surface area contributed by atoms with Crippen LogP contribution >= 0.6 is 0 Å². The maximum absolute atomic E-state index is 10.8. The van der Waals surface area contributed by atoms with E-state index >= 15 is 0 Å². The number of aryl methyl sites for hydroxylation is 1. The molecule has 1 heterocycles. The van der Waals surface area contributed by atoms with E-state index in [-0.39, 0.29) is 0 Å². The molecule has 3 nitrogen and oxygen atoms in total. The van der Waals surface area contributed by atoms with E-state index in [1.54, 1.807) is 18.2 Å². The lowest BCUT2D eigenvalue weighted by Crippen LogP contribution is -1.82. The summed E-state index contributed by atoms with van der Waals surface area (Å²) in [4.78, 5) is 10.8. The Bertz CT molecular complexity index is 728. The van der Waals surface area contributed by atoms with E-state index < -0.39 is 0 Å². The SMILES string of the molecule is Cc1ccccc1-c1onc2ccc(C=O)cc12. The Morgan fingerprint density at radius 1 is 1.17 bits per heavy atom. The topological polar surface area (TPSA) is 43.1 Å². The maximum atomic E-state index is 10.8. The number of aromatic nitrogens is 1. The van der Waals surface area contributed by atoms with Crippen LogP contribution in [0.2, 0.25) is 0 Å². The van der Waals surface area contributed by atoms with E-state index in [4.69, 9.17) is 4.52 Å². The third-order valence-corrected chi connectivity index (χ3v) is 3.03. The lowest BCUT2D eigenvalue weighted by molar-refractivity contribution is 0.112. The lowest BCUT2D eigenvalue weighted by Gasteiger charge is -2.01. The molecule has 88 valence electrons. The zero-order valence-electron chi connectivity index (χ0n) is 9.88. The predicted octanol–water partition coefficient (Wildman–Crippen LogP) is 3.62. The minimum atomic E-state index is 0.625. The van der Waals surface area contributed by atoms with Crippen LogP contribution in [0.25, 0.3) is 22.2 Å². The van der Waals surface area contributed by atoms with Crippen LogP contribution in [-0.4, -0.2) is 11.4 Å². The van der Waals surface area contributed by atoms with Gasteiger partial charge in [-0.2, -0.15) is 0 Å². The highest BCUT2D eigenvalue weighted by atomic mass is 16.5. The monoisotopic (exact) mass is 237 g/mol. The summed E-state index contributed by atoms with van der Waals surface area (Å²) < 4.78 is 5.42. The Kier molecular flexibility index (Phi) is 2.45. The van der Waals surface area contributed by atoms with Gasteiger partial charge in [-0.25, -0.2) is 0 Å². The number of hydrogen-bond acceptors (Lipinski definition) is 3. The summed E-state index contributed by atoms with van der Waals surface area (Å²) in [6, 6.07) is 13.3. The van der Waals surface area contributed by atoms with E-state index in [0.29, 0.717) is 11.3 Å². The van der Waals surface area contributed by atoms with E-state index in [1.165, 1.54) is 0 Å². The third-order valence-electron chi connectivity index (χ3n) is 3.03. The highest BCUT2D eigenvalue weighted by molar-refractivity contribution is 5.95. The average Bonchev–Trinajstić information content (AvgIpc) is 2.82. The zero-order chi connectivity index (χ0) is 12.5. The number of hydrogen-bond donors (Lipinski definition) is 0. The van der Waals surface area contributed by atoms with Gasteiger partial charge in [0.1, 0.15) is 11.8 Å². The summed E-state index contributed by atoms with van der Waals surface area (Å²) in [5.74, 6) is 0.715. The Morgan fingerprint density at radius 3 is 2.78 bits per heavy atom. The third kappa shape index (κ3) is 1.61. The van der Waals surface area contributed by atoms with Gasteiger partial charge in [0, 0.05) is 11.1 Å². The summed E-state index contributed by atoms with van der Waals surface area (Å²) in [6.45, 7) is 2.02. The van der Waals surface area contributed by atoms with Crippen LogP contribution < -0.4 is 0 Å². The van der Waals surface area contributed by atoms with Crippen LogP contribution in [-0.2, 0) is 0 Å². The minimum absolute atomic E-state index is 0.625. The number of fused-ring (bicyclic) bond motifs is 1. The second-order valence-electron chi connectivity index (χ2n) is 4.22. The molecule has 0 saturated heterocycles. The van der Waals surface area contributed by atoms with Gasteiger partial charge in [0.15, 0.2) is 5.76 Å². The van der Waals surface area contributed by atoms with Crippen LogP contribution in [0.5, 0.6) is 0 Å². The number of aldehydes is 1. The van der Waals surface area contributed by atoms with Crippen LogP contribution in [0.1, 0.15) is 15.9 Å². The van der Waals surface area contributed by atoms with Crippen molar-refractivity contribution < 1.29 is 9.32 Å². The van der Waals surface area contributed by atoms with Crippen LogP contribution in [0.4, 0.5) is 0 Å². The number of carbonyl (C=O) groups is 1. The summed E-state index contributed by atoms with van der Waals surface area (Å²) >= 11 is 0. The van der Waals surface area contributed by atoms with Crippen molar-refractivity contribution in [2.45, 2.75) is 6.92 Å². The first-order valence-electron chi connectivity index (χ1n) is 5.70. The molecule has 3 rings (SSSR count). The number of rotatable bonds is 2. The van der Waals surface area contributed by atoms with Crippen molar-refractivity contribution in [3.05, 3.63) is 53.6 Å². The fourth-order valence-corrected chi connectivity index (χ4v) is 2.05. The van der Waals surface area contributed by atoms with Gasteiger partial charge < -0.3 is 4.52 Å². The molecule has 0 unspecified atom stereocenters. The van der Waals surface area contributed by atoms with Crippen molar-refractivity contribution in [1.82, 2.24) is 5.16 Å². The molecule has 0 amide bonds. The lowest BCUT2D eigenvalue weighted by atomic mass is 10.0. The Hall–Kier alpha value is -2.42. The largest absolute Gasteiger partial charge is 0.355 e. The van der Waals surface area contributed by atoms with Crippen molar-refractivity contribution in [3.8, 4) is 11.3 Å². The molecule has 0 bridgehead atoms. The summed E-state index contributed by atoms with van der Waals surface area (Å²) in [5.41, 5.74) is 3.51. The van der Waals surface area contributed by atoms with Crippen molar-refractivity contribution in [2.75, 3.05) is 0 Å². The molecule has 0 saturated carbocycles. The fourth-order valence-electron chi connectivity index (χ4n) is 2.05. The van der Waals surface area contributed by atoms with Crippen molar-refractivity contribution in [2.24, 2.45) is 0 Å². The summed E-state index contributed by atoms with van der Waals surface area (Å²) in [6.07, 6.45) is 0.827. The van der Waals surface area contributed by atoms with Crippen LogP contribution in [0.3, 0.4) is 0 Å². The fraction of sp³-hybridized carbons (Fsp3) is 0.0667. The van der Waals surface area contributed by atoms with Gasteiger partial charge in [-0.3, -0.25) is 4.79 Å². The second-order valence-corrected chi connectivity index (χ2v) is 4.22. The van der Waals surface area contributed by atoms with E-state index in [2.05, 4.69) is 5.16 Å². The first kappa shape index (κ1) is 10.7. The van der Waals surface area contributed by atoms with Gasteiger partial charge in [-0.05, 0) is 30.7 Å². The van der Waals surface area contributed by atoms with Gasteiger partial charge in [0.2, 0.25) is 0 Å². The van der Waals surface area contributed by atoms with Crippen molar-refractivity contribution in [1.29, 1.82) is 0 Å². The molecular weight excluding hydrogens is 226 g/mol. The van der Waals surface area contributed by atoms with Gasteiger partial charge in [-0.1, -0.05) is 29.4 Å². The molecule has 3 heteroatoms. The molecule has 0 N–H and O–H groups in total. The van der Waals surface area contributed by atoms with Crippen LogP contribution in [0.15, 0.2) is 47.0 Å². The highest BCUT2D eigenvalue weighted by Gasteiger charge is 2.12. The number of nitrogens with zero attached hydrogens (tertiary/aromatic N) is 1. The molecule has 3 aromatic rings. The van der Waals surface area contributed by atoms with E-state index in [9.17, 15) is 4.79 Å². The summed E-state index contributed by atoms with van der Waals surface area (Å²) in [7, 11) is 0. The maximum Gasteiger partial charge on any atom is 0.174 e. The van der Waals surface area contributed by atoms with E-state index in [0.717, 1.165) is 28.3 Å². The molecule has 0 aliphatic rings. The minimum Gasteiger partial charge on any atom is -0.355 e. The Labute approximate surface area is 104 Å². The molecule has 0 radical (unpaired) electrons. The number of benzene rings is 2. The molecule has 0 atom stereocenters. The normalized spacial score (nSPS) is 10.7. The highest BCUT2D eigenvalue weighted by Crippen LogP contribution is 2.31. The smallest absolute Gasteiger partial charge is 0.174 e.